The number of esters is 1. The van der Waals surface area contributed by atoms with Crippen LogP contribution in [-0.2, 0) is 20.8 Å². The molecule has 0 radical (unpaired) electrons. The Labute approximate surface area is 124 Å². The molecule has 0 fully saturated rings. The van der Waals surface area contributed by atoms with Gasteiger partial charge in [0.1, 0.15) is 13.2 Å². The van der Waals surface area contributed by atoms with Crippen LogP contribution in [0, 0.1) is 11.1 Å². The van der Waals surface area contributed by atoms with Crippen LogP contribution in [0.2, 0.25) is 0 Å². The molecule has 0 spiro atoms. The van der Waals surface area contributed by atoms with Gasteiger partial charge >= 0.3 is 5.97 Å². The van der Waals surface area contributed by atoms with E-state index in [1.807, 2.05) is 24.3 Å². The molecule has 0 heterocycles. The van der Waals surface area contributed by atoms with E-state index in [-0.39, 0.29) is 13.2 Å². The average Bonchev–Trinajstić information content (AvgIpc) is 2.42. The van der Waals surface area contributed by atoms with Crippen LogP contribution in [0.15, 0.2) is 24.3 Å². The second-order valence-electron chi connectivity index (χ2n) is 5.30. The van der Waals surface area contributed by atoms with Crippen molar-refractivity contribution < 1.29 is 19.6 Å². The Balaban J connectivity index is 2.46. The summed E-state index contributed by atoms with van der Waals surface area (Å²) in [7, 11) is 0. The van der Waals surface area contributed by atoms with Crippen LogP contribution < -0.4 is 0 Å². The molecule has 0 saturated carbocycles. The largest absolute Gasteiger partial charge is 0.738 e. The predicted octanol–water partition coefficient (Wildman–Crippen LogP) is 2.65. The first kappa shape index (κ1) is 17.6. The number of rotatable bonds is 8. The molecule has 0 bridgehead atoms. The first-order valence-electron chi connectivity index (χ1n) is 6.94. The molecule has 0 unspecified atom stereocenters. The van der Waals surface area contributed by atoms with Crippen molar-refractivity contribution in [2.75, 3.05) is 13.2 Å². The Morgan fingerprint density at radius 2 is 1.86 bits per heavy atom. The molecule has 1 rings (SSSR count). The number of hydrogen-bond donors (Lipinski definition) is 1. The maximum Gasteiger partial charge on any atom is 0.313 e. The lowest BCUT2D eigenvalue weighted by Gasteiger charge is -2.18. The fourth-order valence-corrected chi connectivity index (χ4v) is 1.93. The minimum absolute atomic E-state index is 0.0894. The number of carbonyl (C=O) groups is 1. The van der Waals surface area contributed by atoms with E-state index in [4.69, 9.17) is 9.94 Å². The molecule has 6 nitrogen and oxygen atoms in total. The normalized spacial score (nSPS) is 12.7. The highest BCUT2D eigenvalue weighted by molar-refractivity contribution is 5.77. The molecular formula is C15H22NO5-. The van der Waals surface area contributed by atoms with E-state index >= 15 is 0 Å². The summed E-state index contributed by atoms with van der Waals surface area (Å²) in [5.41, 5.74) is 2.11. The monoisotopic (exact) mass is 296 g/mol. The molecule has 0 aliphatic rings. The molecule has 1 aromatic rings. The highest BCUT2D eigenvalue weighted by atomic mass is 17.1. The maximum atomic E-state index is 11.8. The van der Waals surface area contributed by atoms with Crippen molar-refractivity contribution in [1.82, 2.24) is 5.39 Å². The highest BCUT2D eigenvalue weighted by Gasteiger charge is 2.16. The third kappa shape index (κ3) is 6.68. The van der Waals surface area contributed by atoms with Crippen molar-refractivity contribution >= 4 is 5.97 Å². The van der Waals surface area contributed by atoms with E-state index in [1.165, 1.54) is 5.56 Å². The Morgan fingerprint density at radius 3 is 2.38 bits per heavy atom. The minimum atomic E-state index is -0.662. The van der Waals surface area contributed by atoms with Gasteiger partial charge in [0.25, 0.3) is 0 Å². The summed E-state index contributed by atoms with van der Waals surface area (Å²) < 4.78 is 4.96. The van der Waals surface area contributed by atoms with Crippen LogP contribution in [0.3, 0.4) is 0 Å². The molecule has 1 atom stereocenters. The maximum absolute atomic E-state index is 11.8. The van der Waals surface area contributed by atoms with Gasteiger partial charge in [-0.05, 0) is 30.4 Å². The third-order valence-corrected chi connectivity index (χ3v) is 3.01. The average molecular weight is 296 g/mol. The molecule has 0 aromatic heterocycles. The van der Waals surface area contributed by atoms with Crippen LogP contribution in [0.4, 0.5) is 0 Å². The predicted molar refractivity (Wildman–Crippen MR) is 77.3 cm³/mol. The van der Waals surface area contributed by atoms with Crippen LogP contribution in [0.25, 0.3) is 0 Å². The van der Waals surface area contributed by atoms with Crippen LogP contribution in [0.1, 0.15) is 37.8 Å². The molecule has 21 heavy (non-hydrogen) atoms. The van der Waals surface area contributed by atoms with Gasteiger partial charge in [-0.25, -0.2) is 0 Å². The van der Waals surface area contributed by atoms with E-state index in [2.05, 4.69) is 18.7 Å². The fraction of sp³-hybridized carbons (Fsp3) is 0.533. The van der Waals surface area contributed by atoms with E-state index in [0.717, 1.165) is 12.0 Å². The molecule has 0 aliphatic carbocycles. The first-order chi connectivity index (χ1) is 9.90. The van der Waals surface area contributed by atoms with Crippen molar-refractivity contribution in [2.45, 2.75) is 33.1 Å². The zero-order valence-corrected chi connectivity index (χ0v) is 12.6. The third-order valence-electron chi connectivity index (χ3n) is 3.01. The molecule has 0 saturated heterocycles. The molecule has 1 aromatic carbocycles. The van der Waals surface area contributed by atoms with Gasteiger partial charge in [0, 0.05) is 0 Å². The molecule has 1 N–H and O–H groups in total. The van der Waals surface area contributed by atoms with Gasteiger partial charge in [-0.15, -0.1) is 5.39 Å². The first-order valence-corrected chi connectivity index (χ1v) is 6.94. The summed E-state index contributed by atoms with van der Waals surface area (Å²) in [5.74, 6) is -0.202. The number of ether oxygens (including phenoxy) is 1. The van der Waals surface area contributed by atoms with Crippen LogP contribution in [-0.4, -0.2) is 29.8 Å². The molecule has 6 heteroatoms. The van der Waals surface area contributed by atoms with Crippen molar-refractivity contribution in [1.29, 1.82) is 0 Å². The summed E-state index contributed by atoms with van der Waals surface area (Å²) in [6.07, 6.45) is 1.00. The lowest BCUT2D eigenvalue weighted by molar-refractivity contribution is -0.308. The number of hydrogen-bond acceptors (Lipinski definition) is 6. The minimum Gasteiger partial charge on any atom is -0.738 e. The van der Waals surface area contributed by atoms with E-state index in [1.54, 1.807) is 6.92 Å². The Morgan fingerprint density at radius 1 is 1.24 bits per heavy atom. The molecule has 118 valence electrons. The standard InChI is InChI=1S/C15H22NO5/c1-11(2)10-13-4-6-14(7-5-13)12(3)15(17)20-8-9-21-16(18)19/h4-7,11-12,18H,8-10H2,1-3H3/q-1/t12-/m0/s1. The van der Waals surface area contributed by atoms with Crippen molar-refractivity contribution in [2.24, 2.45) is 5.92 Å². The second kappa shape index (κ2) is 8.74. The van der Waals surface area contributed by atoms with Crippen LogP contribution >= 0.6 is 0 Å². The molecular weight excluding hydrogens is 274 g/mol. The van der Waals surface area contributed by atoms with Gasteiger partial charge in [-0.3, -0.25) is 9.63 Å². The quantitative estimate of drug-likeness (QED) is 0.451. The zero-order valence-electron chi connectivity index (χ0n) is 12.6. The lowest BCUT2D eigenvalue weighted by atomic mass is 9.97. The van der Waals surface area contributed by atoms with Gasteiger partial charge in [0.2, 0.25) is 0 Å². The summed E-state index contributed by atoms with van der Waals surface area (Å²) >= 11 is 0. The van der Waals surface area contributed by atoms with Crippen molar-refractivity contribution in [3.05, 3.63) is 40.6 Å². The number of nitrogens with zero attached hydrogens (tertiary/aromatic N) is 1. The van der Waals surface area contributed by atoms with Crippen molar-refractivity contribution in [3.8, 4) is 0 Å². The van der Waals surface area contributed by atoms with Gasteiger partial charge < -0.3 is 15.2 Å². The lowest BCUT2D eigenvalue weighted by Crippen LogP contribution is -2.19. The molecule has 0 aliphatic heterocycles. The summed E-state index contributed by atoms with van der Waals surface area (Å²) in [6.45, 7) is 5.79. The van der Waals surface area contributed by atoms with Gasteiger partial charge in [-0.2, -0.15) is 0 Å². The molecule has 0 amide bonds. The van der Waals surface area contributed by atoms with E-state index in [0.29, 0.717) is 5.92 Å². The van der Waals surface area contributed by atoms with Gasteiger partial charge in [0.15, 0.2) is 0 Å². The smallest absolute Gasteiger partial charge is 0.313 e. The zero-order chi connectivity index (χ0) is 15.8. The Kier molecular flexibility index (Phi) is 7.31. The summed E-state index contributed by atoms with van der Waals surface area (Å²) in [6, 6.07) is 7.88. The highest BCUT2D eigenvalue weighted by Crippen LogP contribution is 2.18. The van der Waals surface area contributed by atoms with Gasteiger partial charge in [0.05, 0.1) is 5.92 Å². The topological polar surface area (TPSA) is 82.1 Å². The van der Waals surface area contributed by atoms with Crippen molar-refractivity contribution in [3.63, 3.8) is 0 Å². The van der Waals surface area contributed by atoms with Crippen LogP contribution in [0.5, 0.6) is 0 Å². The van der Waals surface area contributed by atoms with E-state index in [9.17, 15) is 10.0 Å². The fourth-order valence-electron chi connectivity index (χ4n) is 1.93. The number of carbonyl (C=O) groups excluding carboxylic acids is 1. The van der Waals surface area contributed by atoms with Gasteiger partial charge in [-0.1, -0.05) is 38.1 Å². The van der Waals surface area contributed by atoms with E-state index < -0.39 is 17.3 Å². The number of benzene rings is 1. The summed E-state index contributed by atoms with van der Waals surface area (Å²) in [4.78, 5) is 16.0. The Hall–Kier alpha value is -1.47. The Bertz CT molecular complexity index is 430. The summed E-state index contributed by atoms with van der Waals surface area (Å²) in [5, 5.41) is 17.6. The second-order valence-corrected chi connectivity index (χ2v) is 5.30. The SMILES string of the molecule is CC(C)Cc1ccc([C@H](C)C(=O)OCCON([O-])O)cc1.